The van der Waals surface area contributed by atoms with Gasteiger partial charge in [-0.25, -0.2) is 4.79 Å². The van der Waals surface area contributed by atoms with Gasteiger partial charge in [0.1, 0.15) is 0 Å². The number of thiocarbonyl (C=S) groups is 1. The standard InChI is InChI=1S/C16H22N2O3S/c1-4-20-15(19)13-5-7-14(8-6-13)17-16(22)18-9-11(2)21-12(3)10-18/h5-8,11-12H,4,9-10H2,1-3H3,(H,17,22)/t11-,12+. The number of benzene rings is 1. The summed E-state index contributed by atoms with van der Waals surface area (Å²) in [6, 6.07) is 7.11. The van der Waals surface area contributed by atoms with E-state index in [0.29, 0.717) is 17.3 Å². The number of hydrogen-bond acceptors (Lipinski definition) is 4. The van der Waals surface area contributed by atoms with E-state index in [4.69, 9.17) is 21.7 Å². The van der Waals surface area contributed by atoms with Crippen molar-refractivity contribution in [2.75, 3.05) is 25.0 Å². The minimum Gasteiger partial charge on any atom is -0.462 e. The number of rotatable bonds is 3. The summed E-state index contributed by atoms with van der Waals surface area (Å²) in [7, 11) is 0. The Labute approximate surface area is 136 Å². The maximum atomic E-state index is 11.6. The van der Waals surface area contributed by atoms with Crippen molar-refractivity contribution in [3.05, 3.63) is 29.8 Å². The molecule has 0 amide bonds. The largest absolute Gasteiger partial charge is 0.462 e. The first kappa shape index (κ1) is 16.7. The van der Waals surface area contributed by atoms with Gasteiger partial charge in [0.25, 0.3) is 0 Å². The Balaban J connectivity index is 1.95. The smallest absolute Gasteiger partial charge is 0.338 e. The summed E-state index contributed by atoms with van der Waals surface area (Å²) in [5.41, 5.74) is 1.39. The minimum absolute atomic E-state index is 0.162. The molecule has 1 fully saturated rings. The van der Waals surface area contributed by atoms with Crippen LogP contribution in [0, 0.1) is 0 Å². The first-order valence-corrected chi connectivity index (χ1v) is 7.89. The molecule has 0 aliphatic carbocycles. The Morgan fingerprint density at radius 2 is 1.91 bits per heavy atom. The topological polar surface area (TPSA) is 50.8 Å². The van der Waals surface area contributed by atoms with Gasteiger partial charge in [0.15, 0.2) is 5.11 Å². The van der Waals surface area contributed by atoms with Crippen molar-refractivity contribution in [3.63, 3.8) is 0 Å². The molecule has 0 bridgehead atoms. The van der Waals surface area contributed by atoms with Gasteiger partial charge >= 0.3 is 5.97 Å². The second kappa shape index (κ2) is 7.56. The third-order valence-corrected chi connectivity index (χ3v) is 3.71. The maximum Gasteiger partial charge on any atom is 0.338 e. The highest BCUT2D eigenvalue weighted by Crippen LogP contribution is 2.15. The monoisotopic (exact) mass is 322 g/mol. The fraction of sp³-hybridized carbons (Fsp3) is 0.500. The number of carbonyl (C=O) groups excluding carboxylic acids is 1. The van der Waals surface area contributed by atoms with Crippen LogP contribution in [0.4, 0.5) is 5.69 Å². The predicted octanol–water partition coefficient (Wildman–Crippen LogP) is 2.67. The van der Waals surface area contributed by atoms with E-state index in [0.717, 1.165) is 18.8 Å². The van der Waals surface area contributed by atoms with E-state index >= 15 is 0 Å². The first-order chi connectivity index (χ1) is 10.5. The minimum atomic E-state index is -0.313. The first-order valence-electron chi connectivity index (χ1n) is 7.48. The molecule has 0 radical (unpaired) electrons. The van der Waals surface area contributed by atoms with E-state index in [-0.39, 0.29) is 18.2 Å². The van der Waals surface area contributed by atoms with Crippen molar-refractivity contribution < 1.29 is 14.3 Å². The molecule has 1 aliphatic rings. The summed E-state index contributed by atoms with van der Waals surface area (Å²) < 4.78 is 10.7. The van der Waals surface area contributed by atoms with Gasteiger partial charge in [0.05, 0.1) is 24.4 Å². The lowest BCUT2D eigenvalue weighted by Gasteiger charge is -2.36. The lowest BCUT2D eigenvalue weighted by molar-refractivity contribution is -0.0473. The van der Waals surface area contributed by atoms with Gasteiger partial charge in [-0.15, -0.1) is 0 Å². The van der Waals surface area contributed by atoms with Crippen LogP contribution in [0.15, 0.2) is 24.3 Å². The van der Waals surface area contributed by atoms with Gasteiger partial charge in [-0.2, -0.15) is 0 Å². The second-order valence-corrected chi connectivity index (χ2v) is 5.78. The van der Waals surface area contributed by atoms with E-state index in [9.17, 15) is 4.79 Å². The Morgan fingerprint density at radius 1 is 1.32 bits per heavy atom. The molecule has 1 heterocycles. The summed E-state index contributed by atoms with van der Waals surface area (Å²) in [6.45, 7) is 7.79. The second-order valence-electron chi connectivity index (χ2n) is 5.39. The van der Waals surface area contributed by atoms with Crippen LogP contribution in [0.3, 0.4) is 0 Å². The zero-order valence-electron chi connectivity index (χ0n) is 13.2. The number of morpholine rings is 1. The van der Waals surface area contributed by atoms with Crippen molar-refractivity contribution in [2.24, 2.45) is 0 Å². The molecular weight excluding hydrogens is 300 g/mol. The zero-order valence-corrected chi connectivity index (χ0v) is 14.0. The fourth-order valence-electron chi connectivity index (χ4n) is 2.45. The quantitative estimate of drug-likeness (QED) is 0.682. The number of nitrogens with zero attached hydrogens (tertiary/aromatic N) is 1. The molecule has 0 aromatic heterocycles. The molecule has 1 N–H and O–H groups in total. The van der Waals surface area contributed by atoms with E-state index in [1.165, 1.54) is 0 Å². The van der Waals surface area contributed by atoms with Gasteiger partial charge < -0.3 is 19.7 Å². The lowest BCUT2D eigenvalue weighted by Crippen LogP contribution is -2.49. The van der Waals surface area contributed by atoms with Gasteiger partial charge in [-0.3, -0.25) is 0 Å². The number of carbonyl (C=O) groups is 1. The van der Waals surface area contributed by atoms with Gasteiger partial charge in [-0.05, 0) is 57.3 Å². The molecular formula is C16H22N2O3S. The molecule has 1 saturated heterocycles. The average Bonchev–Trinajstić information content (AvgIpc) is 2.47. The SMILES string of the molecule is CCOC(=O)c1ccc(NC(=S)N2C[C@@H](C)O[C@@H](C)C2)cc1. The molecule has 22 heavy (non-hydrogen) atoms. The molecule has 0 saturated carbocycles. The molecule has 0 spiro atoms. The van der Waals surface area contributed by atoms with Crippen LogP contribution in [0.2, 0.25) is 0 Å². The van der Waals surface area contributed by atoms with E-state index in [2.05, 4.69) is 10.2 Å². The Kier molecular flexibility index (Phi) is 5.74. The third kappa shape index (κ3) is 4.42. The highest BCUT2D eigenvalue weighted by Gasteiger charge is 2.23. The number of ether oxygens (including phenoxy) is 2. The van der Waals surface area contributed by atoms with Crippen molar-refractivity contribution in [3.8, 4) is 0 Å². The van der Waals surface area contributed by atoms with Crippen molar-refractivity contribution in [2.45, 2.75) is 33.0 Å². The van der Waals surface area contributed by atoms with E-state index in [1.807, 2.05) is 26.0 Å². The summed E-state index contributed by atoms with van der Waals surface area (Å²) in [5, 5.41) is 3.87. The van der Waals surface area contributed by atoms with E-state index in [1.54, 1.807) is 19.1 Å². The summed E-state index contributed by atoms with van der Waals surface area (Å²) in [5.74, 6) is -0.313. The number of nitrogens with one attached hydrogen (secondary N) is 1. The Morgan fingerprint density at radius 3 is 2.45 bits per heavy atom. The normalized spacial score (nSPS) is 21.3. The van der Waals surface area contributed by atoms with Gasteiger partial charge in [0.2, 0.25) is 0 Å². The van der Waals surface area contributed by atoms with Crippen LogP contribution in [0.5, 0.6) is 0 Å². The van der Waals surface area contributed by atoms with Crippen LogP contribution >= 0.6 is 12.2 Å². The summed E-state index contributed by atoms with van der Waals surface area (Å²) in [4.78, 5) is 13.7. The highest BCUT2D eigenvalue weighted by molar-refractivity contribution is 7.80. The van der Waals surface area contributed by atoms with Crippen molar-refractivity contribution >= 4 is 29.0 Å². The van der Waals surface area contributed by atoms with Gasteiger partial charge in [-0.1, -0.05) is 0 Å². The molecule has 1 aromatic rings. The molecule has 5 nitrogen and oxygen atoms in total. The van der Waals surface area contributed by atoms with Crippen molar-refractivity contribution in [1.82, 2.24) is 4.90 Å². The Bertz CT molecular complexity index is 523. The molecule has 0 unspecified atom stereocenters. The van der Waals surface area contributed by atoms with Crippen molar-refractivity contribution in [1.29, 1.82) is 0 Å². The molecule has 6 heteroatoms. The molecule has 120 valence electrons. The number of anilines is 1. The molecule has 1 aromatic carbocycles. The van der Waals surface area contributed by atoms with Crippen LogP contribution in [-0.4, -0.2) is 47.9 Å². The maximum absolute atomic E-state index is 11.6. The summed E-state index contributed by atoms with van der Waals surface area (Å²) in [6.07, 6.45) is 0.324. The van der Waals surface area contributed by atoms with Crippen LogP contribution < -0.4 is 5.32 Å². The number of esters is 1. The number of hydrogen-bond donors (Lipinski definition) is 1. The third-order valence-electron chi connectivity index (χ3n) is 3.35. The lowest BCUT2D eigenvalue weighted by atomic mass is 10.2. The Hall–Kier alpha value is -1.66. The highest BCUT2D eigenvalue weighted by atomic mass is 32.1. The van der Waals surface area contributed by atoms with Crippen LogP contribution in [0.1, 0.15) is 31.1 Å². The summed E-state index contributed by atoms with van der Waals surface area (Å²) >= 11 is 5.46. The van der Waals surface area contributed by atoms with Crippen LogP contribution in [0.25, 0.3) is 0 Å². The fourth-order valence-corrected chi connectivity index (χ4v) is 2.72. The zero-order chi connectivity index (χ0) is 16.1. The molecule has 2 atom stereocenters. The van der Waals surface area contributed by atoms with Crippen LogP contribution in [-0.2, 0) is 9.47 Å². The predicted molar refractivity (Wildman–Crippen MR) is 90.2 cm³/mol. The average molecular weight is 322 g/mol. The molecule has 2 rings (SSSR count). The molecule has 1 aliphatic heterocycles. The van der Waals surface area contributed by atoms with Gasteiger partial charge in [0, 0.05) is 18.8 Å². The van der Waals surface area contributed by atoms with E-state index < -0.39 is 0 Å².